The third-order valence-corrected chi connectivity index (χ3v) is 6.07. The molecule has 2 aliphatic rings. The summed E-state index contributed by atoms with van der Waals surface area (Å²) in [4.78, 5) is 15.2. The minimum Gasteiger partial charge on any atom is -0.497 e. The van der Waals surface area contributed by atoms with Gasteiger partial charge < -0.3 is 10.1 Å². The Kier molecular flexibility index (Phi) is 5.62. The third-order valence-electron chi connectivity index (χ3n) is 6.07. The minimum absolute atomic E-state index is 0.0334. The van der Waals surface area contributed by atoms with Crippen LogP contribution in [0.4, 0.5) is 4.39 Å². The van der Waals surface area contributed by atoms with E-state index in [2.05, 4.69) is 10.2 Å². The molecule has 2 bridgehead atoms. The molecule has 2 heterocycles. The Hall–Kier alpha value is -2.40. The number of hydrogen-bond donors (Lipinski definition) is 1. The summed E-state index contributed by atoms with van der Waals surface area (Å²) in [6.07, 6.45) is 5.49. The molecule has 28 heavy (non-hydrogen) atoms. The van der Waals surface area contributed by atoms with E-state index in [4.69, 9.17) is 4.74 Å². The SMILES string of the molecule is COc1cccc(C(=O)NC2C[C@H]3CCC[C@H](C2)N3Cc2ccc(F)cc2)c1. The molecular formula is C23H27FN2O2. The second-order valence-corrected chi connectivity index (χ2v) is 7.91. The summed E-state index contributed by atoms with van der Waals surface area (Å²) in [5.74, 6) is 0.468. The number of benzene rings is 2. The Morgan fingerprint density at radius 3 is 2.54 bits per heavy atom. The molecule has 2 aliphatic heterocycles. The van der Waals surface area contributed by atoms with Gasteiger partial charge in [-0.05, 0) is 61.6 Å². The van der Waals surface area contributed by atoms with E-state index in [1.165, 1.54) is 18.6 Å². The summed E-state index contributed by atoms with van der Waals surface area (Å²) in [5.41, 5.74) is 1.79. The van der Waals surface area contributed by atoms with Crippen LogP contribution in [-0.2, 0) is 6.54 Å². The summed E-state index contributed by atoms with van der Waals surface area (Å²) in [6.45, 7) is 0.853. The quantitative estimate of drug-likeness (QED) is 0.845. The molecule has 2 atom stereocenters. The number of carbonyl (C=O) groups excluding carboxylic acids is 1. The van der Waals surface area contributed by atoms with Crippen molar-refractivity contribution in [2.24, 2.45) is 0 Å². The van der Waals surface area contributed by atoms with Crippen LogP contribution in [0.5, 0.6) is 5.75 Å². The Morgan fingerprint density at radius 1 is 1.14 bits per heavy atom. The number of hydrogen-bond acceptors (Lipinski definition) is 3. The second-order valence-electron chi connectivity index (χ2n) is 7.91. The fraction of sp³-hybridized carbons (Fsp3) is 0.435. The van der Waals surface area contributed by atoms with Crippen LogP contribution >= 0.6 is 0 Å². The van der Waals surface area contributed by atoms with Crippen molar-refractivity contribution in [3.63, 3.8) is 0 Å². The topological polar surface area (TPSA) is 41.6 Å². The molecule has 1 amide bonds. The maximum atomic E-state index is 13.2. The first-order chi connectivity index (χ1) is 13.6. The van der Waals surface area contributed by atoms with Gasteiger partial charge in [-0.2, -0.15) is 0 Å². The summed E-state index contributed by atoms with van der Waals surface area (Å²) >= 11 is 0. The van der Waals surface area contributed by atoms with E-state index in [-0.39, 0.29) is 17.8 Å². The molecule has 0 unspecified atom stereocenters. The number of rotatable bonds is 5. The van der Waals surface area contributed by atoms with Crippen LogP contribution in [0.15, 0.2) is 48.5 Å². The largest absolute Gasteiger partial charge is 0.497 e. The van der Waals surface area contributed by atoms with Gasteiger partial charge in [0.1, 0.15) is 11.6 Å². The van der Waals surface area contributed by atoms with E-state index in [1.54, 1.807) is 13.2 Å². The average molecular weight is 382 g/mol. The van der Waals surface area contributed by atoms with Crippen LogP contribution in [0.2, 0.25) is 0 Å². The van der Waals surface area contributed by atoms with Crippen molar-refractivity contribution >= 4 is 5.91 Å². The molecular weight excluding hydrogens is 355 g/mol. The lowest BCUT2D eigenvalue weighted by Gasteiger charge is -2.49. The first kappa shape index (κ1) is 18.9. The van der Waals surface area contributed by atoms with Crippen LogP contribution < -0.4 is 10.1 Å². The highest BCUT2D eigenvalue weighted by Crippen LogP contribution is 2.35. The molecule has 4 rings (SSSR count). The number of piperidine rings is 2. The standard InChI is InChI=1S/C23H27FN2O2/c1-28-22-7-2-4-17(12-22)23(27)25-19-13-20-5-3-6-21(14-19)26(20)15-16-8-10-18(24)11-9-16/h2,4,7-12,19-21H,3,5-6,13-15H2,1H3,(H,25,27)/t20-,21-/m1/s1. The molecule has 2 fully saturated rings. The molecule has 0 aliphatic carbocycles. The van der Waals surface area contributed by atoms with Crippen LogP contribution in [0.3, 0.4) is 0 Å². The second kappa shape index (κ2) is 8.31. The van der Waals surface area contributed by atoms with Gasteiger partial charge in [0, 0.05) is 30.2 Å². The van der Waals surface area contributed by atoms with Crippen LogP contribution in [0.25, 0.3) is 0 Å². The van der Waals surface area contributed by atoms with Crippen LogP contribution in [0, 0.1) is 5.82 Å². The van der Waals surface area contributed by atoms with Gasteiger partial charge in [-0.25, -0.2) is 4.39 Å². The molecule has 0 aromatic heterocycles. The number of carbonyl (C=O) groups is 1. The predicted octanol–water partition coefficient (Wildman–Crippen LogP) is 4.15. The van der Waals surface area contributed by atoms with Gasteiger partial charge in [-0.3, -0.25) is 9.69 Å². The van der Waals surface area contributed by atoms with E-state index in [1.807, 2.05) is 30.3 Å². The van der Waals surface area contributed by atoms with Crippen molar-refractivity contribution in [3.05, 3.63) is 65.5 Å². The lowest BCUT2D eigenvalue weighted by molar-refractivity contribution is 0.0177. The molecule has 2 saturated heterocycles. The van der Waals surface area contributed by atoms with Gasteiger partial charge in [0.2, 0.25) is 0 Å². The van der Waals surface area contributed by atoms with Gasteiger partial charge in [0.25, 0.3) is 5.91 Å². The zero-order chi connectivity index (χ0) is 19.5. The molecule has 148 valence electrons. The van der Waals surface area contributed by atoms with Crippen molar-refractivity contribution < 1.29 is 13.9 Å². The van der Waals surface area contributed by atoms with E-state index in [9.17, 15) is 9.18 Å². The number of halogens is 1. The van der Waals surface area contributed by atoms with Gasteiger partial charge in [-0.1, -0.05) is 24.6 Å². The highest BCUT2D eigenvalue weighted by Gasteiger charge is 2.38. The fourth-order valence-electron chi connectivity index (χ4n) is 4.69. The molecule has 2 aromatic carbocycles. The Balaban J connectivity index is 1.41. The third kappa shape index (κ3) is 4.20. The summed E-state index contributed by atoms with van der Waals surface area (Å²) in [7, 11) is 1.61. The van der Waals surface area contributed by atoms with Crippen molar-refractivity contribution in [1.29, 1.82) is 0 Å². The summed E-state index contributed by atoms with van der Waals surface area (Å²) in [6, 6.07) is 15.2. The van der Waals surface area contributed by atoms with Gasteiger partial charge in [-0.15, -0.1) is 0 Å². The Bertz CT molecular complexity index is 810. The van der Waals surface area contributed by atoms with Gasteiger partial charge in [0.15, 0.2) is 0 Å². The van der Waals surface area contributed by atoms with Crippen molar-refractivity contribution in [3.8, 4) is 5.75 Å². The van der Waals surface area contributed by atoms with E-state index in [0.717, 1.165) is 37.8 Å². The van der Waals surface area contributed by atoms with Gasteiger partial charge >= 0.3 is 0 Å². The summed E-state index contributed by atoms with van der Waals surface area (Å²) in [5, 5.41) is 3.24. The normalized spacial score (nSPS) is 24.6. The average Bonchev–Trinajstić information content (AvgIpc) is 2.70. The van der Waals surface area contributed by atoms with E-state index in [0.29, 0.717) is 23.4 Å². The smallest absolute Gasteiger partial charge is 0.251 e. The molecule has 0 spiro atoms. The number of ether oxygens (including phenoxy) is 1. The lowest BCUT2D eigenvalue weighted by atomic mass is 9.81. The number of nitrogens with zero attached hydrogens (tertiary/aromatic N) is 1. The van der Waals surface area contributed by atoms with Gasteiger partial charge in [0.05, 0.1) is 7.11 Å². The predicted molar refractivity (Wildman–Crippen MR) is 107 cm³/mol. The summed E-state index contributed by atoms with van der Waals surface area (Å²) < 4.78 is 18.4. The molecule has 1 N–H and O–H groups in total. The number of fused-ring (bicyclic) bond motifs is 2. The highest BCUT2D eigenvalue weighted by molar-refractivity contribution is 5.94. The zero-order valence-electron chi connectivity index (χ0n) is 16.2. The molecule has 5 heteroatoms. The minimum atomic E-state index is -0.192. The molecule has 2 aromatic rings. The molecule has 4 nitrogen and oxygen atoms in total. The molecule has 0 radical (unpaired) electrons. The first-order valence-corrected chi connectivity index (χ1v) is 10.1. The number of nitrogens with one attached hydrogen (secondary N) is 1. The van der Waals surface area contributed by atoms with Crippen molar-refractivity contribution in [2.45, 2.75) is 56.8 Å². The van der Waals surface area contributed by atoms with E-state index < -0.39 is 0 Å². The van der Waals surface area contributed by atoms with Crippen LogP contribution in [-0.4, -0.2) is 36.0 Å². The monoisotopic (exact) mass is 382 g/mol. The van der Waals surface area contributed by atoms with E-state index >= 15 is 0 Å². The van der Waals surface area contributed by atoms with Crippen molar-refractivity contribution in [1.82, 2.24) is 10.2 Å². The lowest BCUT2D eigenvalue weighted by Crippen LogP contribution is -2.56. The highest BCUT2D eigenvalue weighted by atomic mass is 19.1. The zero-order valence-corrected chi connectivity index (χ0v) is 16.2. The number of amides is 1. The maximum Gasteiger partial charge on any atom is 0.251 e. The van der Waals surface area contributed by atoms with Crippen LogP contribution in [0.1, 0.15) is 48.0 Å². The molecule has 0 saturated carbocycles. The number of methoxy groups -OCH3 is 1. The van der Waals surface area contributed by atoms with Crippen molar-refractivity contribution in [2.75, 3.05) is 7.11 Å². The first-order valence-electron chi connectivity index (χ1n) is 10.1. The maximum absolute atomic E-state index is 13.2. The fourth-order valence-corrected chi connectivity index (χ4v) is 4.69. The Labute approximate surface area is 165 Å². The Morgan fingerprint density at radius 2 is 1.86 bits per heavy atom.